The first-order chi connectivity index (χ1) is 14.0. The Kier molecular flexibility index (Phi) is 6.77. The fraction of sp³-hybridized carbons (Fsp3) is 0.682. The molecule has 1 aliphatic carbocycles. The van der Waals surface area contributed by atoms with Crippen LogP contribution in [0, 0.1) is 5.41 Å². The lowest BCUT2D eigenvalue weighted by atomic mass is 9.63. The van der Waals surface area contributed by atoms with Crippen molar-refractivity contribution in [1.82, 2.24) is 9.88 Å². The minimum absolute atomic E-state index is 0.157. The number of piperidine rings is 1. The van der Waals surface area contributed by atoms with E-state index in [4.69, 9.17) is 14.6 Å². The number of ether oxygens (including phenoxy) is 2. The summed E-state index contributed by atoms with van der Waals surface area (Å²) < 4.78 is 12.3. The van der Waals surface area contributed by atoms with Crippen LogP contribution in [0.5, 0.6) is 0 Å². The van der Waals surface area contributed by atoms with Crippen LogP contribution in [0.15, 0.2) is 22.8 Å². The third kappa shape index (κ3) is 5.52. The van der Waals surface area contributed by atoms with E-state index in [0.717, 1.165) is 48.7 Å². The summed E-state index contributed by atoms with van der Waals surface area (Å²) in [5.74, 6) is -0.975. The summed E-state index contributed by atoms with van der Waals surface area (Å²) >= 11 is 3.40. The van der Waals surface area contributed by atoms with Crippen LogP contribution in [0.25, 0.3) is 0 Å². The van der Waals surface area contributed by atoms with E-state index in [1.807, 2.05) is 32.9 Å². The summed E-state index contributed by atoms with van der Waals surface area (Å²) in [6, 6.07) is 3.83. The molecule has 7 nitrogen and oxygen atoms in total. The topological polar surface area (TPSA) is 89.0 Å². The zero-order valence-electron chi connectivity index (χ0n) is 17.9. The molecule has 2 fully saturated rings. The number of carbonyl (C=O) groups is 2. The van der Waals surface area contributed by atoms with Crippen LogP contribution in [-0.4, -0.2) is 52.4 Å². The molecular formula is C22H31BrN2O5. The number of hydrogen-bond acceptors (Lipinski definition) is 5. The number of carboxylic acids is 1. The normalized spacial score (nSPS) is 20.7. The summed E-state index contributed by atoms with van der Waals surface area (Å²) in [6.07, 6.45) is 6.63. The Hall–Kier alpha value is -1.67. The van der Waals surface area contributed by atoms with Gasteiger partial charge >= 0.3 is 12.1 Å². The van der Waals surface area contributed by atoms with Gasteiger partial charge in [0.05, 0.1) is 5.69 Å². The Balaban J connectivity index is 1.66. The van der Waals surface area contributed by atoms with Gasteiger partial charge in [0.2, 0.25) is 0 Å². The highest BCUT2D eigenvalue weighted by Gasteiger charge is 2.47. The molecule has 3 rings (SSSR count). The Morgan fingerprint density at radius 1 is 1.13 bits per heavy atom. The monoisotopic (exact) mass is 482 g/mol. The van der Waals surface area contributed by atoms with Crippen molar-refractivity contribution in [2.45, 2.75) is 70.5 Å². The number of rotatable bonds is 4. The zero-order chi connectivity index (χ0) is 22.0. The second-order valence-electron chi connectivity index (χ2n) is 9.51. The lowest BCUT2D eigenvalue weighted by Gasteiger charge is -2.49. The Bertz CT molecular complexity index is 757. The molecule has 1 saturated carbocycles. The molecule has 0 bridgehead atoms. The molecule has 0 unspecified atom stereocenters. The van der Waals surface area contributed by atoms with Gasteiger partial charge in [0.25, 0.3) is 0 Å². The highest BCUT2D eigenvalue weighted by molar-refractivity contribution is 9.10. The van der Waals surface area contributed by atoms with Gasteiger partial charge < -0.3 is 19.5 Å². The molecule has 0 aromatic carbocycles. The van der Waals surface area contributed by atoms with Gasteiger partial charge in [0.15, 0.2) is 0 Å². The summed E-state index contributed by atoms with van der Waals surface area (Å²) in [7, 11) is 0. The minimum atomic E-state index is -0.975. The van der Waals surface area contributed by atoms with Gasteiger partial charge in [0, 0.05) is 23.8 Å². The molecular weight excluding hydrogens is 452 g/mol. The van der Waals surface area contributed by atoms with Crippen LogP contribution in [0.2, 0.25) is 0 Å². The summed E-state index contributed by atoms with van der Waals surface area (Å²) in [5.41, 5.74) is -0.222. The number of carboxylic acid groups (broad SMARTS) is 1. The van der Waals surface area contributed by atoms with Gasteiger partial charge in [-0.1, -0.05) is 0 Å². The summed E-state index contributed by atoms with van der Waals surface area (Å²) in [4.78, 5) is 29.8. The number of halogens is 1. The van der Waals surface area contributed by atoms with E-state index in [-0.39, 0.29) is 18.1 Å². The van der Waals surface area contributed by atoms with Crippen molar-refractivity contribution < 1.29 is 24.2 Å². The average molecular weight is 483 g/mol. The summed E-state index contributed by atoms with van der Waals surface area (Å²) in [5, 5.41) is 9.15. The van der Waals surface area contributed by atoms with Crippen LogP contribution in [0.4, 0.5) is 4.79 Å². The van der Waals surface area contributed by atoms with E-state index in [2.05, 4.69) is 20.9 Å². The van der Waals surface area contributed by atoms with Crippen molar-refractivity contribution in [3.8, 4) is 0 Å². The molecule has 1 aromatic rings. The fourth-order valence-corrected chi connectivity index (χ4v) is 4.73. The van der Waals surface area contributed by atoms with Gasteiger partial charge in [-0.15, -0.1) is 0 Å². The molecule has 1 aromatic heterocycles. The molecule has 0 radical (unpaired) electrons. The molecule has 1 spiro atoms. The van der Waals surface area contributed by atoms with Crippen LogP contribution >= 0.6 is 15.9 Å². The molecule has 2 aliphatic rings. The Labute approximate surface area is 186 Å². The third-order valence-corrected chi connectivity index (χ3v) is 6.73. The molecule has 1 amide bonds. The van der Waals surface area contributed by atoms with Crippen molar-refractivity contribution in [3.63, 3.8) is 0 Å². The number of hydrogen-bond donors (Lipinski definition) is 1. The molecule has 30 heavy (non-hydrogen) atoms. The van der Waals surface area contributed by atoms with Crippen molar-refractivity contribution in [1.29, 1.82) is 0 Å². The van der Waals surface area contributed by atoms with Crippen molar-refractivity contribution >= 4 is 28.0 Å². The van der Waals surface area contributed by atoms with E-state index in [0.29, 0.717) is 13.1 Å². The standard InChI is InChI=1S/C22H31BrN2O5/c1-20(2,3)30-19(28)25-12-10-21(11-13-25)6-8-22(9-7-21,29-15-18(26)27)17-5-4-16(23)14-24-17/h4-5,14H,6-13,15H2,1-3H3,(H,26,27). The number of aromatic nitrogens is 1. The molecule has 1 aliphatic heterocycles. The smallest absolute Gasteiger partial charge is 0.410 e. The number of nitrogens with zero attached hydrogens (tertiary/aromatic N) is 2. The number of carbonyl (C=O) groups excluding carboxylic acids is 1. The van der Waals surface area contributed by atoms with Crippen LogP contribution in [0.1, 0.15) is 65.0 Å². The van der Waals surface area contributed by atoms with Crippen LogP contribution in [0.3, 0.4) is 0 Å². The first kappa shape index (κ1) is 23.0. The quantitative estimate of drug-likeness (QED) is 0.666. The van der Waals surface area contributed by atoms with Crippen LogP contribution in [-0.2, 0) is 19.9 Å². The van der Waals surface area contributed by atoms with Crippen molar-refractivity contribution in [3.05, 3.63) is 28.5 Å². The molecule has 1 saturated heterocycles. The number of pyridine rings is 1. The van der Waals surface area contributed by atoms with E-state index in [1.165, 1.54) is 0 Å². The Morgan fingerprint density at radius 3 is 2.27 bits per heavy atom. The lowest BCUT2D eigenvalue weighted by Crippen LogP contribution is -2.48. The molecule has 0 atom stereocenters. The van der Waals surface area contributed by atoms with Crippen molar-refractivity contribution in [2.24, 2.45) is 5.41 Å². The van der Waals surface area contributed by atoms with Gasteiger partial charge in [-0.3, -0.25) is 4.98 Å². The molecule has 1 N–H and O–H groups in total. The van der Waals surface area contributed by atoms with Crippen LogP contribution < -0.4 is 0 Å². The molecule has 8 heteroatoms. The maximum atomic E-state index is 12.4. The molecule has 2 heterocycles. The first-order valence-corrected chi connectivity index (χ1v) is 11.3. The van der Waals surface area contributed by atoms with E-state index in [9.17, 15) is 9.59 Å². The largest absolute Gasteiger partial charge is 0.480 e. The summed E-state index contributed by atoms with van der Waals surface area (Å²) in [6.45, 7) is 6.68. The number of amides is 1. The second-order valence-corrected chi connectivity index (χ2v) is 10.4. The fourth-order valence-electron chi connectivity index (χ4n) is 4.49. The van der Waals surface area contributed by atoms with Gasteiger partial charge in [0.1, 0.15) is 17.8 Å². The molecule has 166 valence electrons. The van der Waals surface area contributed by atoms with E-state index < -0.39 is 17.2 Å². The van der Waals surface area contributed by atoms with Gasteiger partial charge in [-0.2, -0.15) is 0 Å². The van der Waals surface area contributed by atoms with Crippen molar-refractivity contribution in [2.75, 3.05) is 19.7 Å². The maximum absolute atomic E-state index is 12.4. The SMILES string of the molecule is CC(C)(C)OC(=O)N1CCC2(CC1)CCC(OCC(=O)O)(c1ccc(Br)cn1)CC2. The van der Waals surface area contributed by atoms with Gasteiger partial charge in [-0.25, -0.2) is 9.59 Å². The number of likely N-dealkylation sites (tertiary alicyclic amines) is 1. The highest BCUT2D eigenvalue weighted by atomic mass is 79.9. The predicted molar refractivity (Wildman–Crippen MR) is 115 cm³/mol. The van der Waals surface area contributed by atoms with E-state index in [1.54, 1.807) is 11.1 Å². The first-order valence-electron chi connectivity index (χ1n) is 10.5. The zero-order valence-corrected chi connectivity index (χ0v) is 19.5. The maximum Gasteiger partial charge on any atom is 0.410 e. The number of aliphatic carboxylic acids is 1. The highest BCUT2D eigenvalue weighted by Crippen LogP contribution is 2.52. The lowest BCUT2D eigenvalue weighted by molar-refractivity contribution is -0.158. The average Bonchev–Trinajstić information content (AvgIpc) is 2.68. The van der Waals surface area contributed by atoms with E-state index >= 15 is 0 Å². The van der Waals surface area contributed by atoms with Gasteiger partial charge in [-0.05, 0) is 92.8 Å². The Morgan fingerprint density at radius 2 is 1.77 bits per heavy atom. The predicted octanol–water partition coefficient (Wildman–Crippen LogP) is 4.73. The second kappa shape index (κ2) is 8.83. The third-order valence-electron chi connectivity index (χ3n) is 6.26. The minimum Gasteiger partial charge on any atom is -0.480 e.